The molecule has 3 heteroatoms. The summed E-state index contributed by atoms with van der Waals surface area (Å²) >= 11 is 0. The molecule has 0 aromatic heterocycles. The lowest BCUT2D eigenvalue weighted by molar-refractivity contribution is -0.108. The van der Waals surface area contributed by atoms with E-state index in [1.54, 1.807) is 6.21 Å². The Morgan fingerprint density at radius 2 is 1.35 bits per heavy atom. The quantitative estimate of drug-likeness (QED) is 0.172. The molecule has 0 aromatic rings. The molecule has 0 bridgehead atoms. The van der Waals surface area contributed by atoms with Crippen molar-refractivity contribution in [3.8, 4) is 0 Å². The predicted molar refractivity (Wildman–Crippen MR) is 101 cm³/mol. The normalized spacial score (nSPS) is 12.8. The molecule has 0 saturated heterocycles. The molecule has 0 radical (unpaired) electrons. The number of oxime groups is 1. The van der Waals surface area contributed by atoms with E-state index >= 15 is 0 Å². The van der Waals surface area contributed by atoms with Gasteiger partial charge < -0.3 is 10.0 Å². The maximum absolute atomic E-state index is 10.1. The van der Waals surface area contributed by atoms with E-state index < -0.39 is 0 Å². The highest BCUT2D eigenvalue weighted by Crippen LogP contribution is 2.10. The Labute approximate surface area is 143 Å². The first-order chi connectivity index (χ1) is 10.8. The van der Waals surface area contributed by atoms with Crippen molar-refractivity contribution in [3.05, 3.63) is 23.3 Å². The van der Waals surface area contributed by atoms with Crippen LogP contribution < -0.4 is 0 Å². The zero-order valence-corrected chi connectivity index (χ0v) is 16.0. The molecular formula is C20H37NO2. The summed E-state index contributed by atoms with van der Waals surface area (Å²) in [5.41, 5.74) is 2.74. The van der Waals surface area contributed by atoms with E-state index in [1.165, 1.54) is 11.1 Å². The molecule has 0 fully saturated rings. The largest absolute Gasteiger partial charge is 0.411 e. The molecule has 0 amide bonds. The standard InChI is InChI=1S/C10H19NO.C10H18O/c1-9(2)5-4-6-10(3)7-8-11-12;1-9(2)5-4-6-10(3)7-8-11/h5,8,10,12H,4,6-7H2,1-3H3;5,8,10H,4,6-7H2,1-3H3/b11-8+;. The Morgan fingerprint density at radius 1 is 0.913 bits per heavy atom. The summed E-state index contributed by atoms with van der Waals surface area (Å²) in [6.45, 7) is 12.7. The number of rotatable bonds is 10. The van der Waals surface area contributed by atoms with Gasteiger partial charge in [-0.05, 0) is 71.6 Å². The van der Waals surface area contributed by atoms with E-state index in [4.69, 9.17) is 5.21 Å². The maximum atomic E-state index is 10.1. The molecule has 0 heterocycles. The average molecular weight is 324 g/mol. The molecule has 0 aliphatic heterocycles. The van der Waals surface area contributed by atoms with E-state index in [0.29, 0.717) is 18.3 Å². The molecule has 0 saturated carbocycles. The summed E-state index contributed by atoms with van der Waals surface area (Å²) in [5.74, 6) is 1.15. The van der Waals surface area contributed by atoms with Crippen molar-refractivity contribution in [1.82, 2.24) is 0 Å². The van der Waals surface area contributed by atoms with Crippen LogP contribution in [0.5, 0.6) is 0 Å². The second-order valence-corrected chi connectivity index (χ2v) is 6.86. The SMILES string of the molecule is CC(C)=CCCC(C)C/C=N/O.CC(C)=CCCC(C)CC=O. The molecule has 0 aromatic carbocycles. The number of hydrogen-bond donors (Lipinski definition) is 1. The summed E-state index contributed by atoms with van der Waals surface area (Å²) in [7, 11) is 0. The highest BCUT2D eigenvalue weighted by Gasteiger charge is 1.98. The molecule has 0 aliphatic rings. The lowest BCUT2D eigenvalue weighted by Crippen LogP contribution is -1.94. The van der Waals surface area contributed by atoms with Gasteiger partial charge in [0.2, 0.25) is 0 Å². The van der Waals surface area contributed by atoms with Gasteiger partial charge in [-0.25, -0.2) is 0 Å². The Hall–Kier alpha value is -1.38. The van der Waals surface area contributed by atoms with E-state index in [0.717, 1.165) is 38.4 Å². The fourth-order valence-corrected chi connectivity index (χ4v) is 1.94. The van der Waals surface area contributed by atoms with Crippen LogP contribution in [0.2, 0.25) is 0 Å². The lowest BCUT2D eigenvalue weighted by atomic mass is 10.0. The van der Waals surface area contributed by atoms with Gasteiger partial charge in [0.15, 0.2) is 0 Å². The van der Waals surface area contributed by atoms with Crippen LogP contribution in [0.4, 0.5) is 0 Å². The third-order valence-electron chi connectivity index (χ3n) is 3.51. The van der Waals surface area contributed by atoms with Gasteiger partial charge in [0.25, 0.3) is 0 Å². The van der Waals surface area contributed by atoms with Crippen LogP contribution in [0.25, 0.3) is 0 Å². The van der Waals surface area contributed by atoms with Crippen molar-refractivity contribution in [2.24, 2.45) is 17.0 Å². The van der Waals surface area contributed by atoms with Gasteiger partial charge in [-0.2, -0.15) is 0 Å². The number of aldehydes is 1. The molecule has 23 heavy (non-hydrogen) atoms. The Balaban J connectivity index is 0. The topological polar surface area (TPSA) is 49.7 Å². The van der Waals surface area contributed by atoms with Gasteiger partial charge in [-0.3, -0.25) is 0 Å². The third-order valence-corrected chi connectivity index (χ3v) is 3.51. The Morgan fingerprint density at radius 3 is 1.70 bits per heavy atom. The minimum Gasteiger partial charge on any atom is -0.411 e. The number of carbonyl (C=O) groups is 1. The van der Waals surface area contributed by atoms with Crippen molar-refractivity contribution < 1.29 is 10.0 Å². The van der Waals surface area contributed by atoms with Gasteiger partial charge in [-0.1, -0.05) is 37.1 Å². The first-order valence-corrected chi connectivity index (χ1v) is 8.69. The number of carbonyl (C=O) groups excluding carboxylic acids is 1. The molecule has 2 atom stereocenters. The van der Waals surface area contributed by atoms with E-state index in [-0.39, 0.29) is 0 Å². The molecule has 134 valence electrons. The molecular weight excluding hydrogens is 286 g/mol. The maximum Gasteiger partial charge on any atom is 0.120 e. The van der Waals surface area contributed by atoms with E-state index in [2.05, 4.69) is 58.9 Å². The Bertz CT molecular complexity index is 362. The van der Waals surface area contributed by atoms with Crippen LogP contribution in [0.1, 0.15) is 80.1 Å². The molecule has 0 rings (SSSR count). The number of allylic oxidation sites excluding steroid dienone is 4. The van der Waals surface area contributed by atoms with Crippen molar-refractivity contribution in [3.63, 3.8) is 0 Å². The summed E-state index contributed by atoms with van der Waals surface area (Å²) in [6.07, 6.45) is 13.1. The molecule has 0 spiro atoms. The first kappa shape index (κ1) is 23.9. The predicted octanol–water partition coefficient (Wildman–Crippen LogP) is 6.18. The Kier molecular flexibility index (Phi) is 17.6. The summed E-state index contributed by atoms with van der Waals surface area (Å²) in [5, 5.41) is 11.2. The van der Waals surface area contributed by atoms with Crippen LogP contribution in [0.3, 0.4) is 0 Å². The highest BCUT2D eigenvalue weighted by molar-refractivity contribution is 5.56. The molecule has 0 aliphatic carbocycles. The second kappa shape index (κ2) is 17.0. The average Bonchev–Trinajstić information content (AvgIpc) is 2.45. The van der Waals surface area contributed by atoms with Gasteiger partial charge in [0, 0.05) is 12.6 Å². The lowest BCUT2D eigenvalue weighted by Gasteiger charge is -2.04. The van der Waals surface area contributed by atoms with Crippen LogP contribution in [0.15, 0.2) is 28.5 Å². The molecule has 1 N–H and O–H groups in total. The third kappa shape index (κ3) is 23.0. The number of hydrogen-bond acceptors (Lipinski definition) is 3. The first-order valence-electron chi connectivity index (χ1n) is 8.69. The fourth-order valence-electron chi connectivity index (χ4n) is 1.94. The van der Waals surface area contributed by atoms with Crippen molar-refractivity contribution in [1.29, 1.82) is 0 Å². The smallest absolute Gasteiger partial charge is 0.120 e. The van der Waals surface area contributed by atoms with Gasteiger partial charge in [0.1, 0.15) is 6.29 Å². The van der Waals surface area contributed by atoms with Gasteiger partial charge in [0.05, 0.1) is 0 Å². The minimum atomic E-state index is 0.545. The van der Waals surface area contributed by atoms with Crippen molar-refractivity contribution >= 4 is 12.5 Å². The van der Waals surface area contributed by atoms with Crippen molar-refractivity contribution in [2.75, 3.05) is 0 Å². The van der Waals surface area contributed by atoms with E-state index in [1.807, 2.05) is 0 Å². The summed E-state index contributed by atoms with van der Waals surface area (Å²) in [6, 6.07) is 0. The minimum absolute atomic E-state index is 0.545. The highest BCUT2D eigenvalue weighted by atomic mass is 16.4. The van der Waals surface area contributed by atoms with E-state index in [9.17, 15) is 4.79 Å². The van der Waals surface area contributed by atoms with Crippen LogP contribution >= 0.6 is 0 Å². The summed E-state index contributed by atoms with van der Waals surface area (Å²) < 4.78 is 0. The second-order valence-electron chi connectivity index (χ2n) is 6.86. The zero-order valence-electron chi connectivity index (χ0n) is 16.0. The monoisotopic (exact) mass is 323 g/mol. The summed E-state index contributed by atoms with van der Waals surface area (Å²) in [4.78, 5) is 10.1. The van der Waals surface area contributed by atoms with Gasteiger partial charge in [-0.15, -0.1) is 5.16 Å². The van der Waals surface area contributed by atoms with Gasteiger partial charge >= 0.3 is 0 Å². The van der Waals surface area contributed by atoms with Crippen LogP contribution in [-0.2, 0) is 4.79 Å². The zero-order chi connectivity index (χ0) is 18.1. The molecule has 3 nitrogen and oxygen atoms in total. The molecule has 2 unspecified atom stereocenters. The van der Waals surface area contributed by atoms with Crippen LogP contribution in [0, 0.1) is 11.8 Å². The van der Waals surface area contributed by atoms with Crippen LogP contribution in [-0.4, -0.2) is 17.7 Å². The fraction of sp³-hybridized carbons (Fsp3) is 0.700. The number of nitrogens with zero attached hydrogens (tertiary/aromatic N) is 1. The van der Waals surface area contributed by atoms with Crippen molar-refractivity contribution in [2.45, 2.75) is 80.1 Å².